The van der Waals surface area contributed by atoms with Gasteiger partial charge in [0, 0.05) is 19.3 Å². The van der Waals surface area contributed by atoms with Gasteiger partial charge < -0.3 is 14.2 Å². The van der Waals surface area contributed by atoms with Gasteiger partial charge in [-0.2, -0.15) is 0 Å². The first-order chi connectivity index (χ1) is 33.0. The molecule has 0 aromatic heterocycles. The van der Waals surface area contributed by atoms with E-state index in [0.717, 1.165) is 89.9 Å². The first kappa shape index (κ1) is 63.8. The number of allylic oxidation sites excluding steroid dienone is 12. The summed E-state index contributed by atoms with van der Waals surface area (Å²) in [5.74, 6) is -0.885. The van der Waals surface area contributed by atoms with E-state index < -0.39 is 6.10 Å². The SMILES string of the molecule is CC/C=C\C/C=C\C/C=C\C/C=C\CCCCCCCCCCCCC(=O)OCC(COC(=O)CCCCCCCCC)OC(=O)CCCCCCCCCCC/C=C\C/C=C\CCCCC. The topological polar surface area (TPSA) is 78.9 Å². The van der Waals surface area contributed by atoms with E-state index in [1.807, 2.05) is 0 Å². The molecule has 0 bridgehead atoms. The van der Waals surface area contributed by atoms with Gasteiger partial charge in [0.15, 0.2) is 6.10 Å². The highest BCUT2D eigenvalue weighted by Gasteiger charge is 2.19. The highest BCUT2D eigenvalue weighted by molar-refractivity contribution is 5.71. The molecule has 386 valence electrons. The van der Waals surface area contributed by atoms with E-state index in [-0.39, 0.29) is 31.1 Å². The second kappa shape index (κ2) is 55.4. The second-order valence-corrected chi connectivity index (χ2v) is 18.8. The lowest BCUT2D eigenvalue weighted by atomic mass is 10.1. The lowest BCUT2D eigenvalue weighted by molar-refractivity contribution is -0.167. The van der Waals surface area contributed by atoms with Crippen LogP contribution in [0.5, 0.6) is 0 Å². The van der Waals surface area contributed by atoms with Gasteiger partial charge in [0.25, 0.3) is 0 Å². The number of hydrogen-bond donors (Lipinski definition) is 0. The Balaban J connectivity index is 4.20. The van der Waals surface area contributed by atoms with Crippen LogP contribution >= 0.6 is 0 Å². The molecular weight excluding hydrogens is 829 g/mol. The quantitative estimate of drug-likeness (QED) is 0.0262. The molecule has 0 aliphatic heterocycles. The van der Waals surface area contributed by atoms with Crippen LogP contribution in [0.2, 0.25) is 0 Å². The molecule has 0 aromatic carbocycles. The molecule has 0 aliphatic rings. The molecule has 67 heavy (non-hydrogen) atoms. The molecule has 0 amide bonds. The van der Waals surface area contributed by atoms with Crippen molar-refractivity contribution in [3.8, 4) is 0 Å². The maximum Gasteiger partial charge on any atom is 0.306 e. The van der Waals surface area contributed by atoms with E-state index in [1.165, 1.54) is 148 Å². The van der Waals surface area contributed by atoms with Crippen molar-refractivity contribution in [1.29, 1.82) is 0 Å². The van der Waals surface area contributed by atoms with Crippen molar-refractivity contribution in [2.24, 2.45) is 0 Å². The molecule has 0 spiro atoms. The van der Waals surface area contributed by atoms with E-state index in [4.69, 9.17) is 14.2 Å². The molecule has 0 radical (unpaired) electrons. The smallest absolute Gasteiger partial charge is 0.306 e. The van der Waals surface area contributed by atoms with E-state index in [0.29, 0.717) is 19.3 Å². The minimum atomic E-state index is -0.776. The van der Waals surface area contributed by atoms with Gasteiger partial charge >= 0.3 is 17.9 Å². The minimum absolute atomic E-state index is 0.0769. The highest BCUT2D eigenvalue weighted by atomic mass is 16.6. The Bertz CT molecular complexity index is 1260. The monoisotopic (exact) mass is 935 g/mol. The molecule has 0 aliphatic carbocycles. The average Bonchev–Trinajstić information content (AvgIpc) is 3.33. The van der Waals surface area contributed by atoms with Gasteiger partial charge in [-0.25, -0.2) is 0 Å². The summed E-state index contributed by atoms with van der Waals surface area (Å²) in [6.45, 7) is 6.47. The summed E-state index contributed by atoms with van der Waals surface area (Å²) in [5, 5.41) is 0. The summed E-state index contributed by atoms with van der Waals surface area (Å²) >= 11 is 0. The number of rotatable bonds is 51. The Hall–Kier alpha value is -3.15. The van der Waals surface area contributed by atoms with Crippen LogP contribution in [0.3, 0.4) is 0 Å². The summed E-state index contributed by atoms with van der Waals surface area (Å²) in [6, 6.07) is 0. The predicted molar refractivity (Wildman–Crippen MR) is 288 cm³/mol. The van der Waals surface area contributed by atoms with Crippen LogP contribution in [-0.2, 0) is 28.6 Å². The van der Waals surface area contributed by atoms with Gasteiger partial charge in [0.2, 0.25) is 0 Å². The summed E-state index contributed by atoms with van der Waals surface area (Å²) in [5.41, 5.74) is 0. The van der Waals surface area contributed by atoms with Crippen molar-refractivity contribution in [3.63, 3.8) is 0 Å². The third kappa shape index (κ3) is 53.7. The standard InChI is InChI=1S/C61H106O6/c1-4-7-10-13-16-18-20-22-24-26-28-29-30-31-33-34-36-38-40-42-45-48-51-54-60(63)66-57-58(56-65-59(62)53-50-47-44-15-12-9-6-3)67-61(64)55-52-49-46-43-41-39-37-35-32-27-25-23-21-19-17-14-11-8-5-2/h7,10,16-19,22-25,28-29,58H,4-6,8-9,11-15,20-21,26-27,30-57H2,1-3H3/b10-7-,18-16-,19-17-,24-22-,25-23-,29-28-. The Labute approximate surface area is 414 Å². The Kier molecular flexibility index (Phi) is 52.8. The van der Waals surface area contributed by atoms with Crippen LogP contribution in [0.25, 0.3) is 0 Å². The lowest BCUT2D eigenvalue weighted by Gasteiger charge is -2.18. The average molecular weight is 936 g/mol. The summed E-state index contributed by atoms with van der Waals surface area (Å²) in [4.78, 5) is 37.9. The molecule has 6 nitrogen and oxygen atoms in total. The van der Waals surface area contributed by atoms with Gasteiger partial charge in [0.05, 0.1) is 0 Å². The molecule has 6 heteroatoms. The third-order valence-corrected chi connectivity index (χ3v) is 12.2. The van der Waals surface area contributed by atoms with Crippen LogP contribution in [0.4, 0.5) is 0 Å². The number of carbonyl (C=O) groups excluding carboxylic acids is 3. The fourth-order valence-corrected chi connectivity index (χ4v) is 7.93. The summed E-state index contributed by atoms with van der Waals surface area (Å²) in [7, 11) is 0. The predicted octanol–water partition coefficient (Wildman–Crippen LogP) is 19.0. The number of ether oxygens (including phenoxy) is 3. The molecule has 1 atom stereocenters. The van der Waals surface area contributed by atoms with Crippen LogP contribution in [-0.4, -0.2) is 37.2 Å². The molecule has 1 unspecified atom stereocenters. The lowest BCUT2D eigenvalue weighted by Crippen LogP contribution is -2.30. The molecule has 0 aromatic rings. The highest BCUT2D eigenvalue weighted by Crippen LogP contribution is 2.15. The molecule has 0 rings (SSSR count). The van der Waals surface area contributed by atoms with Crippen LogP contribution in [0.15, 0.2) is 72.9 Å². The normalized spacial score (nSPS) is 12.6. The maximum absolute atomic E-state index is 12.8. The van der Waals surface area contributed by atoms with Gasteiger partial charge in [-0.3, -0.25) is 14.4 Å². The van der Waals surface area contributed by atoms with Crippen molar-refractivity contribution >= 4 is 17.9 Å². The molecule has 0 saturated heterocycles. The number of carbonyl (C=O) groups is 3. The molecule has 0 saturated carbocycles. The molecule has 0 heterocycles. The summed E-state index contributed by atoms with van der Waals surface area (Å²) < 4.78 is 16.8. The fourth-order valence-electron chi connectivity index (χ4n) is 7.93. The molecule has 0 N–H and O–H groups in total. The second-order valence-electron chi connectivity index (χ2n) is 18.8. The number of esters is 3. The van der Waals surface area contributed by atoms with Gasteiger partial charge in [-0.05, 0) is 89.9 Å². The largest absolute Gasteiger partial charge is 0.462 e. The fraction of sp³-hybridized carbons (Fsp3) is 0.754. The van der Waals surface area contributed by atoms with Crippen molar-refractivity contribution < 1.29 is 28.6 Å². The van der Waals surface area contributed by atoms with Crippen molar-refractivity contribution in [2.75, 3.05) is 13.2 Å². The Morgan fingerprint density at radius 3 is 0.940 bits per heavy atom. The van der Waals surface area contributed by atoms with E-state index >= 15 is 0 Å². The minimum Gasteiger partial charge on any atom is -0.462 e. The van der Waals surface area contributed by atoms with E-state index in [2.05, 4.69) is 93.7 Å². The Morgan fingerprint density at radius 1 is 0.313 bits per heavy atom. The Morgan fingerprint density at radius 2 is 0.582 bits per heavy atom. The molecular formula is C61H106O6. The zero-order valence-corrected chi connectivity index (χ0v) is 44.2. The van der Waals surface area contributed by atoms with Gasteiger partial charge in [0.1, 0.15) is 13.2 Å². The van der Waals surface area contributed by atoms with E-state index in [9.17, 15) is 14.4 Å². The third-order valence-electron chi connectivity index (χ3n) is 12.2. The number of unbranched alkanes of at least 4 members (excludes halogenated alkanes) is 28. The zero-order valence-electron chi connectivity index (χ0n) is 44.2. The maximum atomic E-state index is 12.8. The van der Waals surface area contributed by atoms with Crippen molar-refractivity contribution in [1.82, 2.24) is 0 Å². The van der Waals surface area contributed by atoms with Crippen LogP contribution in [0, 0.1) is 0 Å². The number of hydrogen-bond acceptors (Lipinski definition) is 6. The van der Waals surface area contributed by atoms with E-state index in [1.54, 1.807) is 0 Å². The zero-order chi connectivity index (χ0) is 48.6. The first-order valence-corrected chi connectivity index (χ1v) is 28.4. The summed E-state index contributed by atoms with van der Waals surface area (Å²) in [6.07, 6.45) is 70.5. The molecule has 0 fully saturated rings. The van der Waals surface area contributed by atoms with Gasteiger partial charge in [-0.1, -0.05) is 241 Å². The van der Waals surface area contributed by atoms with Gasteiger partial charge in [-0.15, -0.1) is 0 Å². The van der Waals surface area contributed by atoms with Crippen molar-refractivity contribution in [3.05, 3.63) is 72.9 Å². The van der Waals surface area contributed by atoms with Crippen molar-refractivity contribution in [2.45, 2.75) is 284 Å². The van der Waals surface area contributed by atoms with Crippen LogP contribution < -0.4 is 0 Å². The first-order valence-electron chi connectivity index (χ1n) is 28.4. The van der Waals surface area contributed by atoms with Crippen LogP contribution in [0.1, 0.15) is 278 Å².